The van der Waals surface area contributed by atoms with Crippen molar-refractivity contribution in [3.8, 4) is 0 Å². The van der Waals surface area contributed by atoms with Gasteiger partial charge in [0.05, 0.1) is 5.75 Å². The highest BCUT2D eigenvalue weighted by Gasteiger charge is 2.27. The molecule has 0 radical (unpaired) electrons. The van der Waals surface area contributed by atoms with Gasteiger partial charge in [0.2, 0.25) is 15.9 Å². The molecule has 100 valence electrons. The molecule has 0 atom stereocenters. The Hall–Kier alpha value is -0.660. The monoisotopic (exact) mass is 263 g/mol. The van der Waals surface area contributed by atoms with Gasteiger partial charge in [0.25, 0.3) is 0 Å². The van der Waals surface area contributed by atoms with E-state index in [0.717, 1.165) is 13.1 Å². The summed E-state index contributed by atoms with van der Waals surface area (Å²) in [6.45, 7) is 5.05. The van der Waals surface area contributed by atoms with Crippen LogP contribution in [0, 0.1) is 0 Å². The number of carbonyl (C=O) groups is 1. The van der Waals surface area contributed by atoms with Crippen molar-refractivity contribution >= 4 is 15.9 Å². The highest BCUT2D eigenvalue weighted by molar-refractivity contribution is 7.89. The predicted molar refractivity (Wildman–Crippen MR) is 66.1 cm³/mol. The van der Waals surface area contributed by atoms with Crippen LogP contribution < -0.4 is 10.6 Å². The lowest BCUT2D eigenvalue weighted by Gasteiger charge is -2.13. The van der Waals surface area contributed by atoms with E-state index in [1.807, 2.05) is 6.92 Å². The lowest BCUT2D eigenvalue weighted by molar-refractivity contribution is -0.121. The van der Waals surface area contributed by atoms with Gasteiger partial charge in [0.15, 0.2) is 0 Å². The molecular formula is C10H21N3O3S. The Labute approximate surface area is 103 Å². The third-order valence-corrected chi connectivity index (χ3v) is 4.62. The molecule has 0 aliphatic carbocycles. The highest BCUT2D eigenvalue weighted by Crippen LogP contribution is 2.12. The number of hydrogen-bond donors (Lipinski definition) is 2. The number of likely N-dealkylation sites (N-methyl/N-ethyl adjacent to an activating group) is 1. The van der Waals surface area contributed by atoms with Crippen molar-refractivity contribution in [3.05, 3.63) is 0 Å². The Balaban J connectivity index is 2.15. The Bertz CT molecular complexity index is 343. The van der Waals surface area contributed by atoms with Gasteiger partial charge in [-0.15, -0.1) is 0 Å². The summed E-state index contributed by atoms with van der Waals surface area (Å²) in [4.78, 5) is 11.4. The number of amides is 1. The largest absolute Gasteiger partial charge is 0.355 e. The molecule has 1 saturated heterocycles. The normalized spacial score (nSPS) is 19.4. The van der Waals surface area contributed by atoms with Crippen LogP contribution in [0.3, 0.4) is 0 Å². The van der Waals surface area contributed by atoms with E-state index < -0.39 is 10.0 Å². The Morgan fingerprint density at radius 3 is 2.71 bits per heavy atom. The quantitative estimate of drug-likeness (QED) is 0.586. The van der Waals surface area contributed by atoms with Crippen molar-refractivity contribution in [1.29, 1.82) is 0 Å². The van der Waals surface area contributed by atoms with Crippen molar-refractivity contribution in [2.24, 2.45) is 0 Å². The molecular weight excluding hydrogens is 242 g/mol. The van der Waals surface area contributed by atoms with Crippen LogP contribution in [0.25, 0.3) is 0 Å². The first kappa shape index (κ1) is 14.4. The van der Waals surface area contributed by atoms with Gasteiger partial charge >= 0.3 is 0 Å². The minimum Gasteiger partial charge on any atom is -0.355 e. The fourth-order valence-corrected chi connectivity index (χ4v) is 3.25. The van der Waals surface area contributed by atoms with Crippen molar-refractivity contribution < 1.29 is 13.2 Å². The van der Waals surface area contributed by atoms with Gasteiger partial charge in [0.1, 0.15) is 0 Å². The van der Waals surface area contributed by atoms with E-state index in [4.69, 9.17) is 0 Å². The van der Waals surface area contributed by atoms with E-state index in [0.29, 0.717) is 26.1 Å². The van der Waals surface area contributed by atoms with Crippen LogP contribution in [-0.2, 0) is 14.8 Å². The van der Waals surface area contributed by atoms with Crippen LogP contribution >= 0.6 is 0 Å². The molecule has 1 aliphatic heterocycles. The molecule has 6 nitrogen and oxygen atoms in total. The number of carbonyl (C=O) groups excluding carboxylic acids is 1. The highest BCUT2D eigenvalue weighted by atomic mass is 32.2. The predicted octanol–water partition coefficient (Wildman–Crippen LogP) is -0.862. The maximum absolute atomic E-state index is 11.5. The molecule has 1 fully saturated rings. The van der Waals surface area contributed by atoms with E-state index in [9.17, 15) is 13.2 Å². The van der Waals surface area contributed by atoms with Crippen LogP contribution in [0.2, 0.25) is 0 Å². The first-order valence-electron chi connectivity index (χ1n) is 6.01. The van der Waals surface area contributed by atoms with E-state index in [2.05, 4.69) is 10.6 Å². The average Bonchev–Trinajstić information content (AvgIpc) is 2.61. The Morgan fingerprint density at radius 2 is 2.12 bits per heavy atom. The second kappa shape index (κ2) is 6.93. The van der Waals surface area contributed by atoms with Crippen LogP contribution in [-0.4, -0.2) is 57.1 Å². The second-order valence-electron chi connectivity index (χ2n) is 4.02. The van der Waals surface area contributed by atoms with Crippen molar-refractivity contribution in [1.82, 2.24) is 14.9 Å². The van der Waals surface area contributed by atoms with Crippen molar-refractivity contribution in [2.75, 3.05) is 38.5 Å². The molecule has 2 N–H and O–H groups in total. The minimum absolute atomic E-state index is 0.0926. The summed E-state index contributed by atoms with van der Waals surface area (Å²) >= 11 is 0. The summed E-state index contributed by atoms with van der Waals surface area (Å²) in [5.74, 6) is 0.125. The van der Waals surface area contributed by atoms with Gasteiger partial charge in [-0.25, -0.2) is 12.7 Å². The molecule has 1 rings (SSSR count). The van der Waals surface area contributed by atoms with E-state index >= 15 is 0 Å². The standard InChI is InChI=1S/C10H21N3O3S/c1-2-11-5-6-12-10(14)4-8-13-7-3-9-17(13,15)16/h11H,2-9H2,1H3,(H,12,14). The van der Waals surface area contributed by atoms with Gasteiger partial charge in [-0.1, -0.05) is 6.92 Å². The Kier molecular flexibility index (Phi) is 5.87. The summed E-state index contributed by atoms with van der Waals surface area (Å²) in [6.07, 6.45) is 0.912. The molecule has 0 bridgehead atoms. The molecule has 0 saturated carbocycles. The first-order chi connectivity index (χ1) is 8.06. The molecule has 1 amide bonds. The molecule has 0 spiro atoms. The van der Waals surface area contributed by atoms with Gasteiger partial charge < -0.3 is 10.6 Å². The number of nitrogens with zero attached hydrogens (tertiary/aromatic N) is 1. The fraction of sp³-hybridized carbons (Fsp3) is 0.900. The van der Waals surface area contributed by atoms with Gasteiger partial charge in [-0.3, -0.25) is 4.79 Å². The molecule has 0 aromatic heterocycles. The van der Waals surface area contributed by atoms with Gasteiger partial charge in [0, 0.05) is 32.6 Å². The second-order valence-corrected chi connectivity index (χ2v) is 6.11. The van der Waals surface area contributed by atoms with E-state index in [1.165, 1.54) is 4.31 Å². The van der Waals surface area contributed by atoms with Gasteiger partial charge in [-0.2, -0.15) is 0 Å². The Morgan fingerprint density at radius 1 is 1.35 bits per heavy atom. The third kappa shape index (κ3) is 5.01. The summed E-state index contributed by atoms with van der Waals surface area (Å²) in [5, 5.41) is 5.84. The topological polar surface area (TPSA) is 78.5 Å². The maximum Gasteiger partial charge on any atom is 0.221 e. The lowest BCUT2D eigenvalue weighted by atomic mass is 10.3. The van der Waals surface area contributed by atoms with E-state index in [1.54, 1.807) is 0 Å². The molecule has 1 aliphatic rings. The first-order valence-corrected chi connectivity index (χ1v) is 7.62. The van der Waals surface area contributed by atoms with Gasteiger partial charge in [-0.05, 0) is 13.0 Å². The summed E-state index contributed by atoms with van der Waals surface area (Å²) < 4.78 is 24.3. The molecule has 0 aromatic rings. The smallest absolute Gasteiger partial charge is 0.221 e. The lowest BCUT2D eigenvalue weighted by Crippen LogP contribution is -2.35. The zero-order valence-corrected chi connectivity index (χ0v) is 11.1. The summed E-state index contributed by atoms with van der Waals surface area (Å²) in [5.41, 5.74) is 0. The molecule has 7 heteroatoms. The third-order valence-electron chi connectivity index (χ3n) is 2.67. The van der Waals surface area contributed by atoms with Crippen LogP contribution in [0.1, 0.15) is 19.8 Å². The minimum atomic E-state index is -3.07. The summed E-state index contributed by atoms with van der Waals surface area (Å²) in [7, 11) is -3.07. The van der Waals surface area contributed by atoms with Crippen LogP contribution in [0.15, 0.2) is 0 Å². The summed E-state index contributed by atoms with van der Waals surface area (Å²) in [6, 6.07) is 0. The molecule has 1 heterocycles. The molecule has 17 heavy (non-hydrogen) atoms. The van der Waals surface area contributed by atoms with Crippen molar-refractivity contribution in [3.63, 3.8) is 0 Å². The van der Waals surface area contributed by atoms with Crippen molar-refractivity contribution in [2.45, 2.75) is 19.8 Å². The van der Waals surface area contributed by atoms with E-state index in [-0.39, 0.29) is 18.1 Å². The zero-order valence-electron chi connectivity index (χ0n) is 10.2. The molecule has 0 aromatic carbocycles. The number of rotatable bonds is 7. The number of hydrogen-bond acceptors (Lipinski definition) is 4. The average molecular weight is 263 g/mol. The number of sulfonamides is 1. The van der Waals surface area contributed by atoms with Crippen LogP contribution in [0.5, 0.6) is 0 Å². The molecule has 0 unspecified atom stereocenters. The SMILES string of the molecule is CCNCCNC(=O)CCN1CCCS1(=O)=O. The number of nitrogens with one attached hydrogen (secondary N) is 2. The van der Waals surface area contributed by atoms with Crippen LogP contribution in [0.4, 0.5) is 0 Å². The fourth-order valence-electron chi connectivity index (χ4n) is 1.72. The zero-order chi connectivity index (χ0) is 12.7. The maximum atomic E-state index is 11.5.